The van der Waals surface area contributed by atoms with Gasteiger partial charge < -0.3 is 15.4 Å². The van der Waals surface area contributed by atoms with Gasteiger partial charge in [0.1, 0.15) is 35.5 Å². The summed E-state index contributed by atoms with van der Waals surface area (Å²) in [6.07, 6.45) is -1.25. The predicted molar refractivity (Wildman–Crippen MR) is 223 cm³/mol. The molecule has 1 fully saturated rings. The van der Waals surface area contributed by atoms with E-state index in [1.165, 1.54) is 23.6 Å². The van der Waals surface area contributed by atoms with E-state index in [4.69, 9.17) is 33.6 Å². The Labute approximate surface area is 354 Å². The van der Waals surface area contributed by atoms with E-state index in [9.17, 15) is 27.2 Å². The Morgan fingerprint density at radius 2 is 1.78 bits per heavy atom. The highest BCUT2D eigenvalue weighted by atomic mass is 35.5. The van der Waals surface area contributed by atoms with Crippen molar-refractivity contribution in [3.63, 3.8) is 0 Å². The van der Waals surface area contributed by atoms with Gasteiger partial charge in [0.25, 0.3) is 12.0 Å². The third-order valence-electron chi connectivity index (χ3n) is 11.0. The highest BCUT2D eigenvalue weighted by Gasteiger charge is 2.63. The fourth-order valence-corrected chi connectivity index (χ4v) is 9.23. The smallest absolute Gasteiger partial charge is 0.282 e. The van der Waals surface area contributed by atoms with Gasteiger partial charge in [-0.05, 0) is 72.9 Å². The number of amides is 1. The van der Waals surface area contributed by atoms with Gasteiger partial charge in [0, 0.05) is 47.9 Å². The first-order chi connectivity index (χ1) is 28.6. The number of hydrogen-bond donors (Lipinski definition) is 4. The van der Waals surface area contributed by atoms with Gasteiger partial charge in [0.2, 0.25) is 5.91 Å². The Morgan fingerprint density at radius 3 is 2.47 bits per heavy atom. The van der Waals surface area contributed by atoms with Gasteiger partial charge in [0.15, 0.2) is 5.67 Å². The molecule has 310 valence electrons. The van der Waals surface area contributed by atoms with Gasteiger partial charge in [0.05, 0.1) is 44.6 Å². The molecule has 2 aliphatic carbocycles. The lowest BCUT2D eigenvalue weighted by Gasteiger charge is -2.26. The molecule has 1 amide bonds. The number of nitrogens with one attached hydrogen (secondary N) is 4. The Balaban J connectivity index is 1.34. The Morgan fingerprint density at radius 1 is 1.05 bits per heavy atom. The summed E-state index contributed by atoms with van der Waals surface area (Å²) in [7, 11) is 1.56. The Hall–Kier alpha value is -5.45. The third kappa shape index (κ3) is 7.27. The van der Waals surface area contributed by atoms with Gasteiger partial charge in [-0.25, -0.2) is 26.9 Å². The van der Waals surface area contributed by atoms with E-state index in [-0.39, 0.29) is 67.8 Å². The van der Waals surface area contributed by atoms with Crippen LogP contribution in [0.15, 0.2) is 77.6 Å². The average molecular weight is 882 g/mol. The van der Waals surface area contributed by atoms with E-state index in [0.717, 1.165) is 28.8 Å². The molecule has 2 aromatic heterocycles. The Kier molecular flexibility index (Phi) is 10.9. The van der Waals surface area contributed by atoms with Crippen LogP contribution in [0.2, 0.25) is 10.0 Å². The number of nitrogens with zero attached hydrogens (tertiary/aromatic N) is 4. The van der Waals surface area contributed by atoms with Crippen molar-refractivity contribution in [1.29, 1.82) is 5.41 Å². The summed E-state index contributed by atoms with van der Waals surface area (Å²) < 4.78 is 79.2. The maximum absolute atomic E-state index is 16.2. The molecule has 2 aliphatic rings. The summed E-state index contributed by atoms with van der Waals surface area (Å²) >= 11 is 14.3. The van der Waals surface area contributed by atoms with Crippen LogP contribution in [0.4, 0.5) is 27.6 Å². The molecule has 2 heterocycles. The molecule has 4 aromatic carbocycles. The number of aromatic nitrogens is 4. The molecule has 4 N–H and O–H groups in total. The third-order valence-corrected chi connectivity index (χ3v) is 12.1. The molecule has 0 spiro atoms. The summed E-state index contributed by atoms with van der Waals surface area (Å²) in [5, 5.41) is 19.3. The maximum Gasteiger partial charge on any atom is 0.282 e. The van der Waals surface area contributed by atoms with Crippen molar-refractivity contribution in [2.45, 2.75) is 50.4 Å². The number of anilines is 1. The van der Waals surface area contributed by atoms with Gasteiger partial charge in [-0.3, -0.25) is 24.2 Å². The number of alkyl halides is 3. The number of benzene rings is 4. The van der Waals surface area contributed by atoms with E-state index in [2.05, 4.69) is 20.5 Å². The molecule has 60 heavy (non-hydrogen) atoms. The van der Waals surface area contributed by atoms with Crippen LogP contribution in [0.5, 0.6) is 0 Å². The second-order valence-corrected chi connectivity index (χ2v) is 16.2. The number of carbonyl (C=O) groups excluding carboxylic acids is 1. The molecule has 0 bridgehead atoms. The molecule has 6 aromatic rings. The van der Waals surface area contributed by atoms with Crippen molar-refractivity contribution < 1.29 is 26.7 Å². The molecule has 0 aliphatic heterocycles. The molecular weight excluding hydrogens is 846 g/mol. The van der Waals surface area contributed by atoms with Gasteiger partial charge >= 0.3 is 0 Å². The zero-order chi connectivity index (χ0) is 42.8. The summed E-state index contributed by atoms with van der Waals surface area (Å²) in [4.78, 5) is 34.2. The SMILES string of the molecule is CNc1c(-n2c(C(Cc3cc(F)cc(F)c3)NC(=O)Cn3nc(C(F)F)c4c3C(C)(F)C3CC43)nc3cc(-c4ccccc4Cl)ccc3c2=O)ccc(Cl)c1C(=N)NSC. The topological polar surface area (TPSA) is 130 Å². The first-order valence-corrected chi connectivity index (χ1v) is 20.6. The highest BCUT2D eigenvalue weighted by molar-refractivity contribution is 7.97. The molecule has 4 unspecified atom stereocenters. The normalized spacial score (nSPS) is 18.3. The minimum Gasteiger partial charge on any atom is -0.386 e. The van der Waals surface area contributed by atoms with Crippen molar-refractivity contribution in [2.75, 3.05) is 18.6 Å². The number of rotatable bonds is 12. The number of carbonyl (C=O) groups is 1. The first-order valence-electron chi connectivity index (χ1n) is 18.7. The summed E-state index contributed by atoms with van der Waals surface area (Å²) in [6.45, 7) is 0.583. The van der Waals surface area contributed by atoms with Crippen LogP contribution in [-0.2, 0) is 23.4 Å². The lowest BCUT2D eigenvalue weighted by Crippen LogP contribution is -2.38. The van der Waals surface area contributed by atoms with Gasteiger partial charge in [-0.1, -0.05) is 59.4 Å². The molecular formula is C42H35Cl2F5N8O2S. The maximum atomic E-state index is 16.2. The molecule has 18 heteroatoms. The van der Waals surface area contributed by atoms with Crippen LogP contribution < -0.4 is 20.9 Å². The van der Waals surface area contributed by atoms with Crippen LogP contribution in [0.1, 0.15) is 65.6 Å². The van der Waals surface area contributed by atoms with Crippen molar-refractivity contribution in [3.05, 3.63) is 139 Å². The fourth-order valence-electron chi connectivity index (χ4n) is 8.42. The van der Waals surface area contributed by atoms with Crippen molar-refractivity contribution >= 4 is 63.5 Å². The standard InChI is InChI=1S/C42H35Cl2F5N8O2S/c1-42(49)26-17-25(26)33-36(38(47)48)54-56(37(33)42)18-32(58)52-30(14-19-12-21(45)16-22(46)13-19)40-53-29-15-20(23-6-4-5-7-27(23)43)8-9-24(29)41(59)57(40)31-11-10-28(44)34(35(31)51-2)39(50)55-60-3/h4-13,15-16,25-26,30,38,51H,14,17-18H2,1-3H3,(H2,50,55)(H,52,58). The molecule has 1 saturated carbocycles. The van der Waals surface area contributed by atoms with Crippen LogP contribution >= 0.6 is 35.1 Å². The van der Waals surface area contributed by atoms with E-state index >= 15 is 4.39 Å². The van der Waals surface area contributed by atoms with Gasteiger partial charge in [-0.15, -0.1) is 0 Å². The van der Waals surface area contributed by atoms with Gasteiger partial charge in [-0.2, -0.15) is 5.10 Å². The quantitative estimate of drug-likeness (QED) is 0.0417. The zero-order valence-electron chi connectivity index (χ0n) is 32.0. The second-order valence-electron chi connectivity index (χ2n) is 14.8. The fraction of sp³-hybridized carbons (Fsp3) is 0.262. The minimum absolute atomic E-state index is 0.0662. The van der Waals surface area contributed by atoms with Crippen LogP contribution in [0.3, 0.4) is 0 Å². The van der Waals surface area contributed by atoms with E-state index < -0.39 is 65.3 Å². The van der Waals surface area contributed by atoms with Crippen LogP contribution in [-0.4, -0.2) is 44.4 Å². The van der Waals surface area contributed by atoms with Crippen molar-refractivity contribution in [3.8, 4) is 16.8 Å². The van der Waals surface area contributed by atoms with Crippen LogP contribution in [0, 0.1) is 23.0 Å². The number of hydrogen-bond acceptors (Lipinski definition) is 7. The lowest BCUT2D eigenvalue weighted by molar-refractivity contribution is -0.122. The Bertz CT molecular complexity index is 2780. The van der Waals surface area contributed by atoms with E-state index in [0.29, 0.717) is 28.6 Å². The molecule has 10 nitrogen and oxygen atoms in total. The highest BCUT2D eigenvalue weighted by Crippen LogP contribution is 2.67. The van der Waals surface area contributed by atoms with Crippen molar-refractivity contribution in [2.24, 2.45) is 5.92 Å². The lowest BCUT2D eigenvalue weighted by atomic mass is 10.0. The summed E-state index contributed by atoms with van der Waals surface area (Å²) in [5.74, 6) is -3.83. The monoisotopic (exact) mass is 880 g/mol. The summed E-state index contributed by atoms with van der Waals surface area (Å²) in [6, 6.07) is 16.4. The predicted octanol–water partition coefficient (Wildman–Crippen LogP) is 9.41. The van der Waals surface area contributed by atoms with E-state index in [1.807, 2.05) is 0 Å². The number of amidine groups is 1. The first kappa shape index (κ1) is 41.3. The molecule has 0 saturated heterocycles. The zero-order valence-corrected chi connectivity index (χ0v) is 34.3. The molecule has 0 radical (unpaired) electrons. The number of fused-ring (bicyclic) bond motifs is 4. The summed E-state index contributed by atoms with van der Waals surface area (Å²) in [5.41, 5.74) is -1.17. The van der Waals surface area contributed by atoms with E-state index in [1.54, 1.807) is 55.8 Å². The van der Waals surface area contributed by atoms with Crippen molar-refractivity contribution in [1.82, 2.24) is 29.4 Å². The number of halogens is 7. The largest absolute Gasteiger partial charge is 0.386 e. The minimum atomic E-state index is -3.01. The molecule has 4 atom stereocenters. The molecule has 8 rings (SSSR count). The average Bonchev–Trinajstić information content (AvgIpc) is 3.85. The second kappa shape index (κ2) is 15.9. The van der Waals surface area contributed by atoms with Crippen LogP contribution in [0.25, 0.3) is 27.7 Å².